The molecule has 1 aromatic rings. The number of piperazine rings is 1. The Hall–Kier alpha value is -2.43. The van der Waals surface area contributed by atoms with Crippen LogP contribution in [0.25, 0.3) is 0 Å². The van der Waals surface area contributed by atoms with Gasteiger partial charge in [-0.15, -0.1) is 0 Å². The van der Waals surface area contributed by atoms with Gasteiger partial charge in [-0.25, -0.2) is 14.8 Å². The highest BCUT2D eigenvalue weighted by Crippen LogP contribution is 2.33. The Morgan fingerprint density at radius 3 is 2.11 bits per heavy atom. The molecular formula is C16H22F3N5O3. The molecule has 1 N–H and O–H groups in total. The predicted octanol–water partition coefficient (Wildman–Crippen LogP) is 0.853. The number of hydrogen-bond acceptors (Lipinski definition) is 6. The van der Waals surface area contributed by atoms with Gasteiger partial charge in [-0.1, -0.05) is 0 Å². The number of alkyl halides is 3. The Morgan fingerprint density at radius 2 is 1.63 bits per heavy atom. The van der Waals surface area contributed by atoms with E-state index < -0.39 is 12.1 Å². The molecule has 0 unspecified atom stereocenters. The van der Waals surface area contributed by atoms with Crippen LogP contribution in [0.15, 0.2) is 18.5 Å². The standard InChI is InChI=1S/C14H21N5O.C2HF3O2/c1-17-10-11-18(2)14(12(17)20)4-8-19(9-5-14)13-15-6-3-7-16-13;3-2(4,5)1(6)7/h3,6-7H,4-5,8-11H2,1-2H3;(H,6,7). The van der Waals surface area contributed by atoms with Crippen LogP contribution in [0.3, 0.4) is 0 Å². The van der Waals surface area contributed by atoms with E-state index in [1.165, 1.54) is 0 Å². The van der Waals surface area contributed by atoms with Gasteiger partial charge in [0.25, 0.3) is 0 Å². The quantitative estimate of drug-likeness (QED) is 0.762. The second-order valence-electron chi connectivity index (χ2n) is 6.52. The van der Waals surface area contributed by atoms with E-state index in [9.17, 15) is 18.0 Å². The minimum absolute atomic E-state index is 0.264. The molecule has 0 saturated carbocycles. The van der Waals surface area contributed by atoms with E-state index in [1.54, 1.807) is 12.4 Å². The van der Waals surface area contributed by atoms with Crippen molar-refractivity contribution in [2.24, 2.45) is 0 Å². The van der Waals surface area contributed by atoms with Gasteiger partial charge in [0.2, 0.25) is 11.9 Å². The molecule has 2 fully saturated rings. The Balaban J connectivity index is 0.000000321. The third-order valence-corrected chi connectivity index (χ3v) is 4.91. The largest absolute Gasteiger partial charge is 0.490 e. The molecule has 2 aliphatic heterocycles. The summed E-state index contributed by atoms with van der Waals surface area (Å²) in [5, 5.41) is 7.12. The van der Waals surface area contributed by atoms with Gasteiger partial charge in [-0.05, 0) is 26.0 Å². The second kappa shape index (κ2) is 8.07. The first-order chi connectivity index (χ1) is 12.6. The van der Waals surface area contributed by atoms with Crippen molar-refractivity contribution in [2.75, 3.05) is 45.2 Å². The lowest BCUT2D eigenvalue weighted by molar-refractivity contribution is -0.192. The molecule has 0 bridgehead atoms. The topological polar surface area (TPSA) is 89.9 Å². The fourth-order valence-corrected chi connectivity index (χ4v) is 3.26. The van der Waals surface area contributed by atoms with Crippen LogP contribution in [-0.4, -0.2) is 88.7 Å². The van der Waals surface area contributed by atoms with Gasteiger partial charge in [0.05, 0.1) is 0 Å². The van der Waals surface area contributed by atoms with Crippen molar-refractivity contribution in [1.29, 1.82) is 0 Å². The molecule has 1 amide bonds. The number of aliphatic carboxylic acids is 1. The van der Waals surface area contributed by atoms with Crippen LogP contribution in [0.2, 0.25) is 0 Å². The summed E-state index contributed by atoms with van der Waals surface area (Å²) in [7, 11) is 3.98. The van der Waals surface area contributed by atoms with Gasteiger partial charge < -0.3 is 14.9 Å². The van der Waals surface area contributed by atoms with Crippen molar-refractivity contribution in [1.82, 2.24) is 19.8 Å². The molecule has 3 rings (SSSR count). The molecule has 2 saturated heterocycles. The zero-order valence-corrected chi connectivity index (χ0v) is 15.1. The highest BCUT2D eigenvalue weighted by Gasteiger charge is 2.48. The summed E-state index contributed by atoms with van der Waals surface area (Å²) in [6.07, 6.45) is 0.118. The molecule has 0 aromatic carbocycles. The molecule has 0 radical (unpaired) electrons. The number of carbonyl (C=O) groups excluding carboxylic acids is 1. The highest BCUT2D eigenvalue weighted by atomic mass is 19.4. The number of rotatable bonds is 1. The molecule has 150 valence electrons. The predicted molar refractivity (Wildman–Crippen MR) is 90.2 cm³/mol. The van der Waals surface area contributed by atoms with Crippen LogP contribution in [0.4, 0.5) is 19.1 Å². The van der Waals surface area contributed by atoms with Crippen molar-refractivity contribution >= 4 is 17.8 Å². The van der Waals surface area contributed by atoms with Crippen LogP contribution >= 0.6 is 0 Å². The van der Waals surface area contributed by atoms with Crippen LogP contribution in [0.1, 0.15) is 12.8 Å². The number of hydrogen-bond donors (Lipinski definition) is 1. The highest BCUT2D eigenvalue weighted by molar-refractivity contribution is 5.87. The fraction of sp³-hybridized carbons (Fsp3) is 0.625. The maximum absolute atomic E-state index is 12.6. The van der Waals surface area contributed by atoms with Gasteiger partial charge in [0.15, 0.2) is 0 Å². The number of carboxylic acid groups (broad SMARTS) is 1. The number of amides is 1. The molecule has 0 atom stereocenters. The van der Waals surface area contributed by atoms with Crippen LogP contribution in [0.5, 0.6) is 0 Å². The van der Waals surface area contributed by atoms with Crippen LogP contribution < -0.4 is 4.90 Å². The molecule has 1 aromatic heterocycles. The van der Waals surface area contributed by atoms with E-state index in [0.29, 0.717) is 0 Å². The zero-order valence-electron chi connectivity index (χ0n) is 15.1. The first kappa shape index (κ1) is 20.9. The summed E-state index contributed by atoms with van der Waals surface area (Å²) < 4.78 is 31.7. The van der Waals surface area contributed by atoms with E-state index in [4.69, 9.17) is 9.90 Å². The Morgan fingerprint density at radius 1 is 1.11 bits per heavy atom. The number of anilines is 1. The zero-order chi connectivity index (χ0) is 20.2. The average molecular weight is 389 g/mol. The van der Waals surface area contributed by atoms with E-state index in [1.807, 2.05) is 18.0 Å². The summed E-state index contributed by atoms with van der Waals surface area (Å²) in [6, 6.07) is 1.82. The summed E-state index contributed by atoms with van der Waals surface area (Å²) in [6.45, 7) is 3.43. The number of aromatic nitrogens is 2. The van der Waals surface area contributed by atoms with E-state index >= 15 is 0 Å². The van der Waals surface area contributed by atoms with Gasteiger partial charge in [-0.2, -0.15) is 13.2 Å². The molecule has 8 nitrogen and oxygen atoms in total. The third kappa shape index (κ3) is 4.65. The fourth-order valence-electron chi connectivity index (χ4n) is 3.26. The molecule has 11 heteroatoms. The van der Waals surface area contributed by atoms with Gasteiger partial charge in [0.1, 0.15) is 5.54 Å². The summed E-state index contributed by atoms with van der Waals surface area (Å²) in [4.78, 5) is 36.3. The van der Waals surface area contributed by atoms with Crippen molar-refractivity contribution in [3.05, 3.63) is 18.5 Å². The Kier molecular flexibility index (Phi) is 6.24. The summed E-state index contributed by atoms with van der Waals surface area (Å²) in [5.41, 5.74) is -0.321. The minimum atomic E-state index is -5.08. The lowest BCUT2D eigenvalue weighted by atomic mass is 9.83. The molecule has 1 spiro atoms. The molecule has 3 heterocycles. The Bertz CT molecular complexity index is 663. The molecule has 0 aliphatic carbocycles. The first-order valence-corrected chi connectivity index (χ1v) is 8.37. The van der Waals surface area contributed by atoms with Gasteiger partial charge in [-0.3, -0.25) is 9.69 Å². The number of carboxylic acids is 1. The Labute approximate surface area is 154 Å². The number of piperidine rings is 1. The third-order valence-electron chi connectivity index (χ3n) is 4.91. The average Bonchev–Trinajstić information content (AvgIpc) is 2.64. The van der Waals surface area contributed by atoms with E-state index in [0.717, 1.165) is 45.0 Å². The van der Waals surface area contributed by atoms with E-state index in [2.05, 4.69) is 26.8 Å². The molecular weight excluding hydrogens is 367 g/mol. The van der Waals surface area contributed by atoms with Crippen molar-refractivity contribution in [2.45, 2.75) is 24.6 Å². The van der Waals surface area contributed by atoms with Crippen LogP contribution in [-0.2, 0) is 9.59 Å². The van der Waals surface area contributed by atoms with Gasteiger partial charge in [0, 0.05) is 45.6 Å². The SMILES string of the molecule is CN1CCN(C)C2(CCN(c3ncccn3)CC2)C1=O.O=C(O)C(F)(F)F. The first-order valence-electron chi connectivity index (χ1n) is 8.37. The monoisotopic (exact) mass is 389 g/mol. The van der Waals surface area contributed by atoms with E-state index in [-0.39, 0.29) is 11.4 Å². The second-order valence-corrected chi connectivity index (χ2v) is 6.52. The van der Waals surface area contributed by atoms with Crippen molar-refractivity contribution in [3.63, 3.8) is 0 Å². The molecule has 27 heavy (non-hydrogen) atoms. The maximum atomic E-state index is 12.6. The lowest BCUT2D eigenvalue weighted by Gasteiger charge is -2.50. The maximum Gasteiger partial charge on any atom is 0.490 e. The summed E-state index contributed by atoms with van der Waals surface area (Å²) >= 11 is 0. The normalized spacial score (nSPS) is 20.3. The number of nitrogens with zero attached hydrogens (tertiary/aromatic N) is 5. The molecule has 2 aliphatic rings. The number of carbonyl (C=O) groups is 2. The lowest BCUT2D eigenvalue weighted by Crippen LogP contribution is -2.67. The number of halogens is 3. The van der Waals surface area contributed by atoms with Crippen molar-refractivity contribution in [3.8, 4) is 0 Å². The van der Waals surface area contributed by atoms with Crippen LogP contribution in [0, 0.1) is 0 Å². The number of likely N-dealkylation sites (N-methyl/N-ethyl adjacent to an activating group) is 2. The van der Waals surface area contributed by atoms with Gasteiger partial charge >= 0.3 is 12.1 Å². The van der Waals surface area contributed by atoms with Crippen molar-refractivity contribution < 1.29 is 27.9 Å². The summed E-state index contributed by atoms with van der Waals surface area (Å²) in [5.74, 6) is -1.73. The smallest absolute Gasteiger partial charge is 0.475 e. The minimum Gasteiger partial charge on any atom is -0.475 e.